The number of anilines is 1. The van der Waals surface area contributed by atoms with E-state index in [4.69, 9.17) is 5.73 Å². The summed E-state index contributed by atoms with van der Waals surface area (Å²) in [6, 6.07) is 1.80. The zero-order valence-corrected chi connectivity index (χ0v) is 10.9. The molecule has 1 amide bonds. The van der Waals surface area contributed by atoms with Crippen molar-refractivity contribution in [2.45, 2.75) is 25.8 Å². The molecule has 0 saturated heterocycles. The van der Waals surface area contributed by atoms with Crippen LogP contribution in [0.4, 0.5) is 14.5 Å². The lowest BCUT2D eigenvalue weighted by atomic mass is 10.2. The number of benzene rings is 1. The average Bonchev–Trinajstić information content (AvgIpc) is 2.23. The van der Waals surface area contributed by atoms with Gasteiger partial charge in [0, 0.05) is 18.5 Å². The van der Waals surface area contributed by atoms with Crippen molar-refractivity contribution in [2.24, 2.45) is 5.73 Å². The molecule has 0 aliphatic heterocycles. The highest BCUT2D eigenvalue weighted by molar-refractivity contribution is 9.10. The minimum atomic E-state index is -0.688. The van der Waals surface area contributed by atoms with E-state index in [1.807, 2.05) is 0 Å². The molecule has 3 nitrogen and oxygen atoms in total. The van der Waals surface area contributed by atoms with Gasteiger partial charge in [0.2, 0.25) is 5.91 Å². The number of rotatable bonds is 4. The molecule has 0 aliphatic rings. The van der Waals surface area contributed by atoms with Crippen LogP contribution in [0.3, 0.4) is 0 Å². The zero-order chi connectivity index (χ0) is 13.0. The van der Waals surface area contributed by atoms with Gasteiger partial charge in [0.1, 0.15) is 11.6 Å². The normalized spacial score (nSPS) is 12.3. The van der Waals surface area contributed by atoms with Gasteiger partial charge >= 0.3 is 0 Å². The molecule has 1 aromatic rings. The zero-order valence-electron chi connectivity index (χ0n) is 9.27. The van der Waals surface area contributed by atoms with Crippen LogP contribution >= 0.6 is 15.9 Å². The number of carbonyl (C=O) groups excluding carboxylic acids is 1. The number of halogens is 3. The monoisotopic (exact) mass is 306 g/mol. The fourth-order valence-corrected chi connectivity index (χ4v) is 1.51. The molecule has 3 N–H and O–H groups in total. The molecule has 94 valence electrons. The Kier molecular flexibility index (Phi) is 5.02. The summed E-state index contributed by atoms with van der Waals surface area (Å²) in [5, 5.41) is 2.30. The van der Waals surface area contributed by atoms with E-state index in [-0.39, 0.29) is 28.5 Å². The second kappa shape index (κ2) is 6.07. The Morgan fingerprint density at radius 1 is 1.47 bits per heavy atom. The van der Waals surface area contributed by atoms with E-state index < -0.39 is 11.6 Å². The largest absolute Gasteiger partial charge is 0.328 e. The van der Waals surface area contributed by atoms with Gasteiger partial charge in [-0.15, -0.1) is 0 Å². The van der Waals surface area contributed by atoms with Crippen LogP contribution in [0.5, 0.6) is 0 Å². The van der Waals surface area contributed by atoms with Crippen LogP contribution in [0, 0.1) is 11.6 Å². The molecule has 6 heteroatoms. The topological polar surface area (TPSA) is 55.1 Å². The molecule has 1 aromatic carbocycles. The van der Waals surface area contributed by atoms with Gasteiger partial charge < -0.3 is 11.1 Å². The van der Waals surface area contributed by atoms with Crippen molar-refractivity contribution in [3.8, 4) is 0 Å². The van der Waals surface area contributed by atoms with Crippen molar-refractivity contribution in [3.05, 3.63) is 28.2 Å². The van der Waals surface area contributed by atoms with E-state index in [0.29, 0.717) is 6.42 Å². The first-order valence-electron chi connectivity index (χ1n) is 5.10. The molecule has 17 heavy (non-hydrogen) atoms. The molecular weight excluding hydrogens is 294 g/mol. The van der Waals surface area contributed by atoms with Crippen LogP contribution in [0.25, 0.3) is 0 Å². The molecule has 0 aliphatic carbocycles. The van der Waals surface area contributed by atoms with Crippen molar-refractivity contribution in [1.82, 2.24) is 0 Å². The first-order chi connectivity index (χ1) is 7.90. The lowest BCUT2D eigenvalue weighted by Crippen LogP contribution is -2.19. The van der Waals surface area contributed by atoms with Gasteiger partial charge in [-0.1, -0.05) is 0 Å². The SMILES string of the molecule is CC(N)CCC(=O)Nc1cc(F)c(Br)cc1F. The summed E-state index contributed by atoms with van der Waals surface area (Å²) in [5.74, 6) is -1.70. The number of nitrogens with one attached hydrogen (secondary N) is 1. The fourth-order valence-electron chi connectivity index (χ4n) is 1.19. The van der Waals surface area contributed by atoms with Gasteiger partial charge in [0.05, 0.1) is 10.2 Å². The Labute approximate surface area is 107 Å². The first kappa shape index (κ1) is 14.1. The van der Waals surface area contributed by atoms with Crippen molar-refractivity contribution >= 4 is 27.5 Å². The van der Waals surface area contributed by atoms with E-state index in [2.05, 4.69) is 21.2 Å². The van der Waals surface area contributed by atoms with Crippen molar-refractivity contribution in [1.29, 1.82) is 0 Å². The third-order valence-corrected chi connectivity index (χ3v) is 2.72. The fraction of sp³-hybridized carbons (Fsp3) is 0.364. The van der Waals surface area contributed by atoms with Crippen LogP contribution in [0.2, 0.25) is 0 Å². The molecule has 0 radical (unpaired) electrons. The third kappa shape index (κ3) is 4.40. The summed E-state index contributed by atoms with van der Waals surface area (Å²) in [6.45, 7) is 1.77. The summed E-state index contributed by atoms with van der Waals surface area (Å²) >= 11 is 2.85. The average molecular weight is 307 g/mol. The lowest BCUT2D eigenvalue weighted by Gasteiger charge is -2.08. The Morgan fingerprint density at radius 2 is 2.12 bits per heavy atom. The van der Waals surface area contributed by atoms with E-state index in [1.54, 1.807) is 6.92 Å². The molecule has 0 spiro atoms. The summed E-state index contributed by atoms with van der Waals surface area (Å²) in [5.41, 5.74) is 5.32. The number of amides is 1. The molecule has 0 heterocycles. The summed E-state index contributed by atoms with van der Waals surface area (Å²) < 4.78 is 26.5. The maximum absolute atomic E-state index is 13.4. The maximum atomic E-state index is 13.4. The summed E-state index contributed by atoms with van der Waals surface area (Å²) in [4.78, 5) is 11.4. The van der Waals surface area contributed by atoms with Gasteiger partial charge in [0.25, 0.3) is 0 Å². The Balaban J connectivity index is 2.68. The first-order valence-corrected chi connectivity index (χ1v) is 5.89. The molecule has 0 fully saturated rings. The highest BCUT2D eigenvalue weighted by Gasteiger charge is 2.11. The number of nitrogens with two attached hydrogens (primary N) is 1. The standard InChI is InChI=1S/C11H13BrF2N2O/c1-6(15)2-3-11(17)16-10-5-8(13)7(12)4-9(10)14/h4-6H,2-3,15H2,1H3,(H,16,17). The van der Waals surface area contributed by atoms with Crippen LogP contribution < -0.4 is 11.1 Å². The second-order valence-corrected chi connectivity index (χ2v) is 4.66. The number of carbonyl (C=O) groups is 1. The van der Waals surface area contributed by atoms with Crippen LogP contribution in [-0.4, -0.2) is 11.9 Å². The summed E-state index contributed by atoms with van der Waals surface area (Å²) in [7, 11) is 0. The molecular formula is C11H13BrF2N2O. The number of hydrogen-bond acceptors (Lipinski definition) is 2. The molecule has 1 atom stereocenters. The van der Waals surface area contributed by atoms with Gasteiger partial charge in [0.15, 0.2) is 0 Å². The third-order valence-electron chi connectivity index (χ3n) is 2.11. The van der Waals surface area contributed by atoms with Crippen molar-refractivity contribution < 1.29 is 13.6 Å². The van der Waals surface area contributed by atoms with E-state index in [0.717, 1.165) is 12.1 Å². The van der Waals surface area contributed by atoms with Gasteiger partial charge in [-0.25, -0.2) is 8.78 Å². The van der Waals surface area contributed by atoms with Crippen LogP contribution in [-0.2, 0) is 4.79 Å². The minimum absolute atomic E-state index is 0.0172. The van der Waals surface area contributed by atoms with E-state index >= 15 is 0 Å². The Bertz CT molecular complexity index is 424. The highest BCUT2D eigenvalue weighted by atomic mass is 79.9. The Morgan fingerprint density at radius 3 is 2.71 bits per heavy atom. The molecule has 1 rings (SSSR count). The predicted octanol–water partition coefficient (Wildman–Crippen LogP) is 2.79. The smallest absolute Gasteiger partial charge is 0.224 e. The molecule has 0 bridgehead atoms. The minimum Gasteiger partial charge on any atom is -0.328 e. The van der Waals surface area contributed by atoms with Gasteiger partial charge in [-0.3, -0.25) is 4.79 Å². The van der Waals surface area contributed by atoms with Crippen molar-refractivity contribution in [3.63, 3.8) is 0 Å². The summed E-state index contributed by atoms with van der Waals surface area (Å²) in [6.07, 6.45) is 0.668. The molecule has 0 saturated carbocycles. The van der Waals surface area contributed by atoms with Crippen molar-refractivity contribution in [2.75, 3.05) is 5.32 Å². The number of hydrogen-bond donors (Lipinski definition) is 2. The molecule has 1 unspecified atom stereocenters. The van der Waals surface area contributed by atoms with Gasteiger partial charge in [-0.05, 0) is 35.3 Å². The van der Waals surface area contributed by atoms with E-state index in [1.165, 1.54) is 0 Å². The highest BCUT2D eigenvalue weighted by Crippen LogP contribution is 2.23. The predicted molar refractivity (Wildman–Crippen MR) is 65.6 cm³/mol. The Hall–Kier alpha value is -1.01. The quantitative estimate of drug-likeness (QED) is 0.840. The molecule has 0 aromatic heterocycles. The lowest BCUT2D eigenvalue weighted by molar-refractivity contribution is -0.116. The maximum Gasteiger partial charge on any atom is 0.224 e. The van der Waals surface area contributed by atoms with Crippen LogP contribution in [0.1, 0.15) is 19.8 Å². The second-order valence-electron chi connectivity index (χ2n) is 3.81. The van der Waals surface area contributed by atoms with E-state index in [9.17, 15) is 13.6 Å². The van der Waals surface area contributed by atoms with Gasteiger partial charge in [-0.2, -0.15) is 0 Å². The van der Waals surface area contributed by atoms with Crippen LogP contribution in [0.15, 0.2) is 16.6 Å².